The highest BCUT2D eigenvalue weighted by molar-refractivity contribution is 5.78. The van der Waals surface area contributed by atoms with Crippen molar-refractivity contribution in [3.05, 3.63) is 18.2 Å². The summed E-state index contributed by atoms with van der Waals surface area (Å²) in [5.74, 6) is 1.38. The first-order valence-corrected chi connectivity index (χ1v) is 5.38. The van der Waals surface area contributed by atoms with E-state index in [-0.39, 0.29) is 11.8 Å². The molecule has 1 saturated heterocycles. The molecule has 0 bridgehead atoms. The van der Waals surface area contributed by atoms with E-state index in [0.717, 1.165) is 18.9 Å². The number of aromatic nitrogens is 2. The van der Waals surface area contributed by atoms with Crippen LogP contribution in [0.4, 0.5) is 0 Å². The van der Waals surface area contributed by atoms with Gasteiger partial charge in [-0.2, -0.15) is 0 Å². The second-order valence-corrected chi connectivity index (χ2v) is 4.43. The van der Waals surface area contributed by atoms with E-state index in [2.05, 4.69) is 9.55 Å². The van der Waals surface area contributed by atoms with Crippen molar-refractivity contribution in [2.45, 2.75) is 26.8 Å². The van der Waals surface area contributed by atoms with Crippen LogP contribution in [0.2, 0.25) is 0 Å². The lowest BCUT2D eigenvalue weighted by Crippen LogP contribution is -2.52. The quantitative estimate of drug-likeness (QED) is 0.731. The van der Waals surface area contributed by atoms with Gasteiger partial charge in [-0.25, -0.2) is 4.98 Å². The Labute approximate surface area is 89.9 Å². The standard InChI is InChI=1S/C11H17N3O/c1-8(2)11(15)13-6-10(7-13)14-5-4-12-9(14)3/h4-5,8,10H,6-7H2,1-3H3. The van der Waals surface area contributed by atoms with E-state index in [0.29, 0.717) is 6.04 Å². The van der Waals surface area contributed by atoms with Crippen molar-refractivity contribution in [3.63, 3.8) is 0 Å². The lowest BCUT2D eigenvalue weighted by Gasteiger charge is -2.41. The Bertz CT molecular complexity index is 364. The van der Waals surface area contributed by atoms with E-state index in [1.54, 1.807) is 0 Å². The third-order valence-corrected chi connectivity index (χ3v) is 2.92. The zero-order chi connectivity index (χ0) is 11.0. The van der Waals surface area contributed by atoms with E-state index in [9.17, 15) is 4.79 Å². The predicted molar refractivity (Wildman–Crippen MR) is 57.4 cm³/mol. The van der Waals surface area contributed by atoms with Crippen molar-refractivity contribution < 1.29 is 4.79 Å². The maximum Gasteiger partial charge on any atom is 0.225 e. The molecule has 2 heterocycles. The van der Waals surface area contributed by atoms with Crippen LogP contribution in [0.3, 0.4) is 0 Å². The summed E-state index contributed by atoms with van der Waals surface area (Å²) < 4.78 is 2.14. The highest BCUT2D eigenvalue weighted by Gasteiger charge is 2.33. The first-order valence-electron chi connectivity index (χ1n) is 5.38. The van der Waals surface area contributed by atoms with Crippen molar-refractivity contribution >= 4 is 5.91 Å². The number of carbonyl (C=O) groups is 1. The normalized spacial score (nSPS) is 16.9. The molecule has 0 unspecified atom stereocenters. The zero-order valence-corrected chi connectivity index (χ0v) is 9.47. The number of carbonyl (C=O) groups excluding carboxylic acids is 1. The summed E-state index contributed by atoms with van der Waals surface area (Å²) in [4.78, 5) is 17.7. The molecule has 1 amide bonds. The minimum Gasteiger partial charge on any atom is -0.338 e. The van der Waals surface area contributed by atoms with Crippen molar-refractivity contribution in [2.75, 3.05) is 13.1 Å². The van der Waals surface area contributed by atoms with Gasteiger partial charge in [0.05, 0.1) is 6.04 Å². The summed E-state index contributed by atoms with van der Waals surface area (Å²) in [5, 5.41) is 0. The van der Waals surface area contributed by atoms with Crippen LogP contribution in [0.15, 0.2) is 12.4 Å². The molecule has 0 atom stereocenters. The monoisotopic (exact) mass is 207 g/mol. The summed E-state index contributed by atoms with van der Waals surface area (Å²) in [5.41, 5.74) is 0. The average molecular weight is 207 g/mol. The third-order valence-electron chi connectivity index (χ3n) is 2.92. The number of hydrogen-bond acceptors (Lipinski definition) is 2. The number of nitrogens with zero attached hydrogens (tertiary/aromatic N) is 3. The number of amides is 1. The summed E-state index contributed by atoms with van der Waals surface area (Å²) in [7, 11) is 0. The van der Waals surface area contributed by atoms with Gasteiger partial charge in [0.15, 0.2) is 0 Å². The molecular formula is C11H17N3O. The van der Waals surface area contributed by atoms with Gasteiger partial charge in [0.2, 0.25) is 5.91 Å². The van der Waals surface area contributed by atoms with E-state index in [1.165, 1.54) is 0 Å². The van der Waals surface area contributed by atoms with E-state index < -0.39 is 0 Å². The Hall–Kier alpha value is -1.32. The smallest absolute Gasteiger partial charge is 0.225 e. The lowest BCUT2D eigenvalue weighted by atomic mass is 10.1. The lowest BCUT2D eigenvalue weighted by molar-refractivity contribution is -0.140. The molecular weight excluding hydrogens is 190 g/mol. The fourth-order valence-corrected chi connectivity index (χ4v) is 1.95. The van der Waals surface area contributed by atoms with Gasteiger partial charge in [-0.1, -0.05) is 13.8 Å². The topological polar surface area (TPSA) is 38.1 Å². The first-order chi connectivity index (χ1) is 7.09. The van der Waals surface area contributed by atoms with Crippen LogP contribution < -0.4 is 0 Å². The van der Waals surface area contributed by atoms with Crippen molar-refractivity contribution in [1.82, 2.24) is 14.5 Å². The van der Waals surface area contributed by atoms with Crippen LogP contribution >= 0.6 is 0 Å². The number of likely N-dealkylation sites (tertiary alicyclic amines) is 1. The van der Waals surface area contributed by atoms with Gasteiger partial charge in [-0.3, -0.25) is 4.79 Å². The van der Waals surface area contributed by atoms with Crippen LogP contribution in [0.5, 0.6) is 0 Å². The third kappa shape index (κ3) is 1.76. The van der Waals surface area contributed by atoms with E-state index in [4.69, 9.17) is 0 Å². The molecule has 0 aromatic carbocycles. The van der Waals surface area contributed by atoms with Crippen LogP contribution in [0.25, 0.3) is 0 Å². The second-order valence-electron chi connectivity index (χ2n) is 4.43. The molecule has 0 aliphatic carbocycles. The Morgan fingerprint density at radius 3 is 2.67 bits per heavy atom. The van der Waals surface area contributed by atoms with E-state index in [1.807, 2.05) is 38.1 Å². The highest BCUT2D eigenvalue weighted by atomic mass is 16.2. The molecule has 1 aromatic heterocycles. The van der Waals surface area contributed by atoms with Gasteiger partial charge in [0, 0.05) is 31.4 Å². The van der Waals surface area contributed by atoms with E-state index >= 15 is 0 Å². The minimum absolute atomic E-state index is 0.106. The van der Waals surface area contributed by atoms with Crippen molar-refractivity contribution in [2.24, 2.45) is 5.92 Å². The maximum absolute atomic E-state index is 11.6. The van der Waals surface area contributed by atoms with Crippen molar-refractivity contribution in [3.8, 4) is 0 Å². The van der Waals surface area contributed by atoms with Crippen LogP contribution in [-0.2, 0) is 4.79 Å². The molecule has 82 valence electrons. The largest absolute Gasteiger partial charge is 0.338 e. The molecule has 4 heteroatoms. The van der Waals surface area contributed by atoms with Gasteiger partial charge < -0.3 is 9.47 Å². The SMILES string of the molecule is Cc1nccn1C1CN(C(=O)C(C)C)C1. The van der Waals surface area contributed by atoms with Gasteiger partial charge in [0.25, 0.3) is 0 Å². The summed E-state index contributed by atoms with van der Waals surface area (Å²) >= 11 is 0. The predicted octanol–water partition coefficient (Wildman–Crippen LogP) is 1.23. The summed E-state index contributed by atoms with van der Waals surface area (Å²) in [6.45, 7) is 7.53. The Balaban J connectivity index is 1.94. The molecule has 0 radical (unpaired) electrons. The molecule has 1 fully saturated rings. The average Bonchev–Trinajstić information content (AvgIpc) is 2.49. The highest BCUT2D eigenvalue weighted by Crippen LogP contribution is 2.23. The molecule has 1 aliphatic heterocycles. The summed E-state index contributed by atoms with van der Waals surface area (Å²) in [6.07, 6.45) is 3.79. The van der Waals surface area contributed by atoms with Gasteiger partial charge in [-0.15, -0.1) is 0 Å². The zero-order valence-electron chi connectivity index (χ0n) is 9.47. The number of imidazole rings is 1. The van der Waals surface area contributed by atoms with Gasteiger partial charge in [-0.05, 0) is 6.92 Å². The van der Waals surface area contributed by atoms with Crippen LogP contribution in [-0.4, -0.2) is 33.4 Å². The minimum atomic E-state index is 0.106. The molecule has 2 rings (SSSR count). The van der Waals surface area contributed by atoms with Gasteiger partial charge >= 0.3 is 0 Å². The van der Waals surface area contributed by atoms with Crippen molar-refractivity contribution in [1.29, 1.82) is 0 Å². The molecule has 1 aromatic rings. The Kier molecular flexibility index (Phi) is 2.50. The first kappa shape index (κ1) is 10.2. The molecule has 15 heavy (non-hydrogen) atoms. The number of rotatable bonds is 2. The molecule has 4 nitrogen and oxygen atoms in total. The Morgan fingerprint density at radius 2 is 2.20 bits per heavy atom. The molecule has 1 aliphatic rings. The summed E-state index contributed by atoms with van der Waals surface area (Å²) in [6, 6.07) is 0.426. The van der Waals surface area contributed by atoms with Crippen LogP contribution in [0, 0.1) is 12.8 Å². The number of hydrogen-bond donors (Lipinski definition) is 0. The second kappa shape index (κ2) is 3.68. The maximum atomic E-state index is 11.6. The molecule has 0 N–H and O–H groups in total. The molecule has 0 spiro atoms. The molecule has 0 saturated carbocycles. The number of aryl methyl sites for hydroxylation is 1. The van der Waals surface area contributed by atoms with Gasteiger partial charge in [0.1, 0.15) is 5.82 Å². The van der Waals surface area contributed by atoms with Crippen LogP contribution in [0.1, 0.15) is 25.7 Å². The fraction of sp³-hybridized carbons (Fsp3) is 0.636. The Morgan fingerprint density at radius 1 is 1.53 bits per heavy atom. The fourth-order valence-electron chi connectivity index (χ4n) is 1.95.